The molecule has 0 atom stereocenters. The third-order valence-electron chi connectivity index (χ3n) is 2.43. The smallest absolute Gasteiger partial charge is 0.267 e. The van der Waals surface area contributed by atoms with E-state index in [1.54, 1.807) is 0 Å². The Kier molecular flexibility index (Phi) is 4.34. The highest BCUT2D eigenvalue weighted by molar-refractivity contribution is 7.91. The first-order valence-electron chi connectivity index (χ1n) is 5.58. The van der Waals surface area contributed by atoms with Crippen LogP contribution in [0.2, 0.25) is 5.15 Å². The first kappa shape index (κ1) is 15.1. The van der Waals surface area contributed by atoms with E-state index < -0.39 is 20.7 Å². The Labute approximate surface area is 125 Å². The minimum atomic E-state index is -3.86. The van der Waals surface area contributed by atoms with Crippen LogP contribution in [0, 0.1) is 10.1 Å². The van der Waals surface area contributed by atoms with Gasteiger partial charge in [0, 0.05) is 17.7 Å². The van der Waals surface area contributed by atoms with Crippen LogP contribution in [0.1, 0.15) is 5.56 Å². The summed E-state index contributed by atoms with van der Waals surface area (Å²) in [5, 5.41) is 10.9. The molecule has 0 amide bonds. The molecule has 0 radical (unpaired) electrons. The number of sulfonamides is 1. The molecule has 0 bridgehead atoms. The fraction of sp³-hybridized carbons (Fsp3) is 0.0909. The summed E-state index contributed by atoms with van der Waals surface area (Å²) in [7, 11) is -3.86. The highest BCUT2D eigenvalue weighted by Crippen LogP contribution is 2.21. The molecule has 21 heavy (non-hydrogen) atoms. The van der Waals surface area contributed by atoms with Gasteiger partial charge in [-0.25, -0.2) is 18.4 Å². The number of halogens is 1. The van der Waals surface area contributed by atoms with Crippen molar-refractivity contribution in [3.63, 3.8) is 0 Å². The molecule has 0 spiro atoms. The van der Waals surface area contributed by atoms with Crippen molar-refractivity contribution in [1.29, 1.82) is 0 Å². The van der Waals surface area contributed by atoms with E-state index in [-0.39, 0.29) is 22.2 Å². The largest absolute Gasteiger partial charge is 0.273 e. The first-order chi connectivity index (χ1) is 9.87. The molecule has 1 N–H and O–H groups in total. The number of para-hydroxylation sites is 1. The lowest BCUT2D eigenvalue weighted by molar-refractivity contribution is -0.385. The lowest BCUT2D eigenvalue weighted by atomic mass is 10.2. The first-order valence-corrected chi connectivity index (χ1v) is 7.61. The molecule has 0 aliphatic rings. The van der Waals surface area contributed by atoms with Gasteiger partial charge >= 0.3 is 0 Å². The van der Waals surface area contributed by atoms with E-state index >= 15 is 0 Å². The van der Waals surface area contributed by atoms with Gasteiger partial charge in [-0.3, -0.25) is 14.8 Å². The predicted molar refractivity (Wildman–Crippen MR) is 76.4 cm³/mol. The number of nitro benzene ring substituents is 1. The van der Waals surface area contributed by atoms with Crippen molar-refractivity contribution in [2.75, 3.05) is 4.72 Å². The van der Waals surface area contributed by atoms with Gasteiger partial charge in [0.25, 0.3) is 5.69 Å². The van der Waals surface area contributed by atoms with Crippen molar-refractivity contribution >= 4 is 33.1 Å². The molecule has 2 rings (SSSR count). The van der Waals surface area contributed by atoms with Gasteiger partial charge < -0.3 is 0 Å². The zero-order chi connectivity index (χ0) is 15.5. The molecule has 0 fully saturated rings. The van der Waals surface area contributed by atoms with E-state index in [0.717, 1.165) is 6.33 Å². The molecule has 0 aliphatic carbocycles. The molecule has 2 aromatic rings. The summed E-state index contributed by atoms with van der Waals surface area (Å²) >= 11 is 5.63. The van der Waals surface area contributed by atoms with Crippen LogP contribution < -0.4 is 4.72 Å². The number of rotatable bonds is 5. The summed E-state index contributed by atoms with van der Waals surface area (Å²) in [6.07, 6.45) is 1.10. The highest BCUT2D eigenvalue weighted by Gasteiger charge is 2.20. The second-order valence-electron chi connectivity index (χ2n) is 3.97. The van der Waals surface area contributed by atoms with E-state index in [2.05, 4.69) is 14.7 Å². The summed E-state index contributed by atoms with van der Waals surface area (Å²) in [5.41, 5.74) is -0.182. The molecule has 0 aliphatic heterocycles. The van der Waals surface area contributed by atoms with Crippen molar-refractivity contribution < 1.29 is 13.3 Å². The number of aromatic nitrogens is 2. The summed E-state index contributed by atoms with van der Waals surface area (Å²) in [6.45, 7) is 0. The van der Waals surface area contributed by atoms with Gasteiger partial charge in [0.1, 0.15) is 23.1 Å². The Morgan fingerprint density at radius 3 is 2.67 bits per heavy atom. The van der Waals surface area contributed by atoms with Gasteiger partial charge in [-0.15, -0.1) is 0 Å². The predicted octanol–water partition coefficient (Wildman–Crippen LogP) is 1.98. The Morgan fingerprint density at radius 2 is 2.00 bits per heavy atom. The molecule has 1 aromatic carbocycles. The van der Waals surface area contributed by atoms with Crippen LogP contribution in [-0.4, -0.2) is 23.3 Å². The van der Waals surface area contributed by atoms with Crippen LogP contribution in [0.15, 0.2) is 36.7 Å². The number of hydrogen-bond donors (Lipinski definition) is 1. The molecule has 110 valence electrons. The van der Waals surface area contributed by atoms with E-state index in [1.807, 2.05) is 0 Å². The molecule has 0 saturated heterocycles. The highest BCUT2D eigenvalue weighted by atomic mass is 35.5. The standard InChI is InChI=1S/C11H9ClN4O4S/c12-10-5-11(14-7-13-10)15-21(19,20)6-8-3-1-2-4-9(8)16(17)18/h1-5,7H,6H2,(H,13,14,15). The molecule has 1 aromatic heterocycles. The van der Waals surface area contributed by atoms with Gasteiger partial charge in [-0.2, -0.15) is 0 Å². The van der Waals surface area contributed by atoms with Gasteiger partial charge in [0.05, 0.1) is 4.92 Å². The monoisotopic (exact) mass is 328 g/mol. The van der Waals surface area contributed by atoms with Crippen molar-refractivity contribution in [2.24, 2.45) is 0 Å². The summed E-state index contributed by atoms with van der Waals surface area (Å²) < 4.78 is 26.2. The van der Waals surface area contributed by atoms with E-state index in [0.29, 0.717) is 0 Å². The molecular formula is C11H9ClN4O4S. The van der Waals surface area contributed by atoms with Crippen molar-refractivity contribution in [3.05, 3.63) is 57.5 Å². The second-order valence-corrected chi connectivity index (χ2v) is 6.08. The third-order valence-corrected chi connectivity index (χ3v) is 3.85. The maximum absolute atomic E-state index is 12.0. The Bertz CT molecular complexity index is 781. The SMILES string of the molecule is O=[N+]([O-])c1ccccc1CS(=O)(=O)Nc1cc(Cl)ncn1. The lowest BCUT2D eigenvalue weighted by Gasteiger charge is -2.07. The van der Waals surface area contributed by atoms with Crippen LogP contribution in [0.4, 0.5) is 11.5 Å². The van der Waals surface area contributed by atoms with Crippen molar-refractivity contribution in [1.82, 2.24) is 9.97 Å². The second kappa shape index (κ2) is 6.02. The number of benzene rings is 1. The Morgan fingerprint density at radius 1 is 1.29 bits per heavy atom. The molecule has 8 nitrogen and oxygen atoms in total. The van der Waals surface area contributed by atoms with Gasteiger partial charge in [0.15, 0.2) is 0 Å². The normalized spacial score (nSPS) is 11.1. The van der Waals surface area contributed by atoms with Crippen molar-refractivity contribution in [3.8, 4) is 0 Å². The molecule has 1 heterocycles. The zero-order valence-electron chi connectivity index (χ0n) is 10.4. The fourth-order valence-corrected chi connectivity index (χ4v) is 2.90. The van der Waals surface area contributed by atoms with Gasteiger partial charge in [-0.1, -0.05) is 29.8 Å². The minimum absolute atomic E-state index is 0.00594. The number of anilines is 1. The quantitative estimate of drug-likeness (QED) is 0.509. The van der Waals surface area contributed by atoms with Crippen LogP contribution in [-0.2, 0) is 15.8 Å². The van der Waals surface area contributed by atoms with Gasteiger partial charge in [-0.05, 0) is 0 Å². The topological polar surface area (TPSA) is 115 Å². The molecule has 10 heteroatoms. The van der Waals surface area contributed by atoms with Crippen LogP contribution in [0.3, 0.4) is 0 Å². The number of hydrogen-bond acceptors (Lipinski definition) is 6. The lowest BCUT2D eigenvalue weighted by Crippen LogP contribution is -2.16. The van der Waals surface area contributed by atoms with E-state index in [9.17, 15) is 18.5 Å². The maximum atomic E-state index is 12.0. The third kappa shape index (κ3) is 4.10. The average molecular weight is 329 g/mol. The molecular weight excluding hydrogens is 320 g/mol. The molecule has 0 unspecified atom stereocenters. The Hall–Kier alpha value is -2.26. The van der Waals surface area contributed by atoms with Gasteiger partial charge in [0.2, 0.25) is 10.0 Å². The Balaban J connectivity index is 2.24. The maximum Gasteiger partial charge on any atom is 0.273 e. The van der Waals surface area contributed by atoms with Crippen LogP contribution in [0.5, 0.6) is 0 Å². The average Bonchev–Trinajstić information content (AvgIpc) is 2.37. The summed E-state index contributed by atoms with van der Waals surface area (Å²) in [4.78, 5) is 17.6. The summed E-state index contributed by atoms with van der Waals surface area (Å²) in [6, 6.07) is 6.85. The molecule has 0 saturated carbocycles. The summed E-state index contributed by atoms with van der Waals surface area (Å²) in [5.74, 6) is -0.556. The van der Waals surface area contributed by atoms with E-state index in [4.69, 9.17) is 11.6 Å². The zero-order valence-corrected chi connectivity index (χ0v) is 12.0. The number of nitrogens with one attached hydrogen (secondary N) is 1. The van der Waals surface area contributed by atoms with E-state index in [1.165, 1.54) is 30.3 Å². The van der Waals surface area contributed by atoms with Crippen molar-refractivity contribution in [2.45, 2.75) is 5.75 Å². The minimum Gasteiger partial charge on any atom is -0.267 e. The number of nitrogens with zero attached hydrogens (tertiary/aromatic N) is 3. The fourth-order valence-electron chi connectivity index (χ4n) is 1.60. The number of nitro groups is 1. The van der Waals surface area contributed by atoms with Crippen LogP contribution >= 0.6 is 11.6 Å². The van der Waals surface area contributed by atoms with Crippen LogP contribution in [0.25, 0.3) is 0 Å².